The van der Waals surface area contributed by atoms with Crippen molar-refractivity contribution >= 4 is 5.97 Å². The Kier molecular flexibility index (Phi) is 3.44. The molecule has 2 rings (SSSR count). The number of terminal acetylenes is 1. The van der Waals surface area contributed by atoms with Crippen molar-refractivity contribution in [1.82, 2.24) is 0 Å². The zero-order valence-corrected chi connectivity index (χ0v) is 9.05. The molecule has 2 saturated heterocycles. The molecule has 0 bridgehead atoms. The predicted molar refractivity (Wildman–Crippen MR) is 53.1 cm³/mol. The smallest absolute Gasteiger partial charge is 0.303 e. The van der Waals surface area contributed by atoms with Gasteiger partial charge in [0.1, 0.15) is 6.61 Å². The van der Waals surface area contributed by atoms with Gasteiger partial charge in [-0.3, -0.25) is 4.79 Å². The van der Waals surface area contributed by atoms with E-state index in [2.05, 4.69) is 5.92 Å². The topological polar surface area (TPSA) is 54.0 Å². The van der Waals surface area contributed by atoms with Crippen LogP contribution >= 0.6 is 0 Å². The van der Waals surface area contributed by atoms with Gasteiger partial charge in [0.2, 0.25) is 0 Å². The maximum Gasteiger partial charge on any atom is 0.303 e. The van der Waals surface area contributed by atoms with Crippen LogP contribution in [0.5, 0.6) is 0 Å². The summed E-state index contributed by atoms with van der Waals surface area (Å²) in [6.45, 7) is 2.11. The molecular weight excluding hydrogens is 212 g/mol. The van der Waals surface area contributed by atoms with Gasteiger partial charge in [-0.25, -0.2) is 0 Å². The van der Waals surface area contributed by atoms with Crippen molar-refractivity contribution in [3.05, 3.63) is 0 Å². The summed E-state index contributed by atoms with van der Waals surface area (Å²) < 4.78 is 21.3. The molecule has 0 saturated carbocycles. The van der Waals surface area contributed by atoms with E-state index >= 15 is 0 Å². The van der Waals surface area contributed by atoms with Crippen LogP contribution in [0, 0.1) is 18.3 Å². The van der Waals surface area contributed by atoms with Gasteiger partial charge in [-0.05, 0) is 6.42 Å². The van der Waals surface area contributed by atoms with Gasteiger partial charge in [0.05, 0.1) is 12.5 Å². The highest BCUT2D eigenvalue weighted by Crippen LogP contribution is 2.37. The first-order chi connectivity index (χ1) is 7.72. The molecule has 0 aromatic heterocycles. The van der Waals surface area contributed by atoms with Crippen LogP contribution in [0.2, 0.25) is 0 Å². The largest absolute Gasteiger partial charge is 0.457 e. The summed E-state index contributed by atoms with van der Waals surface area (Å²) >= 11 is 0. The average Bonchev–Trinajstić information content (AvgIpc) is 2.78. The Labute approximate surface area is 94.0 Å². The molecule has 0 radical (unpaired) electrons. The van der Waals surface area contributed by atoms with Crippen molar-refractivity contribution in [2.45, 2.75) is 32.0 Å². The molecule has 5 heteroatoms. The normalized spacial score (nSPS) is 36.8. The molecule has 0 aromatic rings. The molecule has 0 amide bonds. The lowest BCUT2D eigenvalue weighted by molar-refractivity contribution is -0.212. The van der Waals surface area contributed by atoms with Crippen molar-refractivity contribution in [2.24, 2.45) is 5.92 Å². The summed E-state index contributed by atoms with van der Waals surface area (Å²) in [7, 11) is 0. The van der Waals surface area contributed by atoms with Crippen molar-refractivity contribution in [1.29, 1.82) is 0 Å². The van der Waals surface area contributed by atoms with Gasteiger partial charge in [0.25, 0.3) is 0 Å². The van der Waals surface area contributed by atoms with Gasteiger partial charge in [-0.15, -0.1) is 6.42 Å². The third-order valence-corrected chi connectivity index (χ3v) is 2.67. The van der Waals surface area contributed by atoms with Crippen LogP contribution < -0.4 is 0 Å². The van der Waals surface area contributed by atoms with Crippen LogP contribution in [0.4, 0.5) is 0 Å². The minimum atomic E-state index is -0.616. The molecule has 2 aliphatic heterocycles. The molecule has 88 valence electrons. The van der Waals surface area contributed by atoms with Gasteiger partial charge in [-0.1, -0.05) is 5.92 Å². The molecule has 1 unspecified atom stereocenters. The van der Waals surface area contributed by atoms with Crippen LogP contribution in [-0.2, 0) is 23.7 Å². The Morgan fingerprint density at radius 3 is 3.12 bits per heavy atom. The summed E-state index contributed by atoms with van der Waals surface area (Å²) in [6.07, 6.45) is 4.53. The highest BCUT2D eigenvalue weighted by atomic mass is 16.8. The summed E-state index contributed by atoms with van der Waals surface area (Å²) in [4.78, 5) is 11.0. The fourth-order valence-electron chi connectivity index (χ4n) is 2.05. The van der Waals surface area contributed by atoms with Gasteiger partial charge in [0.15, 0.2) is 18.7 Å². The highest BCUT2D eigenvalue weighted by molar-refractivity contribution is 5.66. The second-order valence-corrected chi connectivity index (χ2v) is 3.79. The van der Waals surface area contributed by atoms with E-state index in [9.17, 15) is 4.79 Å². The average molecular weight is 226 g/mol. The molecular formula is C11H14O5. The first kappa shape index (κ1) is 11.4. The minimum absolute atomic E-state index is 0.0478. The molecule has 0 aliphatic carbocycles. The molecule has 2 fully saturated rings. The van der Waals surface area contributed by atoms with Gasteiger partial charge >= 0.3 is 5.97 Å². The molecule has 0 aromatic carbocycles. The van der Waals surface area contributed by atoms with E-state index in [0.29, 0.717) is 6.61 Å². The second kappa shape index (κ2) is 4.83. The van der Waals surface area contributed by atoms with E-state index < -0.39 is 12.4 Å². The first-order valence-electron chi connectivity index (χ1n) is 5.21. The Bertz CT molecular complexity index is 308. The maximum absolute atomic E-state index is 11.0. The fraction of sp³-hybridized carbons (Fsp3) is 0.727. The maximum atomic E-state index is 11.0. The van der Waals surface area contributed by atoms with Crippen LogP contribution in [0.1, 0.15) is 13.3 Å². The Hall–Kier alpha value is -1.09. The molecule has 5 nitrogen and oxygen atoms in total. The number of esters is 1. The number of carbonyl (C=O) groups is 1. The van der Waals surface area contributed by atoms with Crippen molar-refractivity contribution in [3.8, 4) is 12.3 Å². The van der Waals surface area contributed by atoms with Crippen LogP contribution in [0.15, 0.2) is 0 Å². The third-order valence-electron chi connectivity index (χ3n) is 2.67. The molecule has 2 aliphatic rings. The number of ether oxygens (including phenoxy) is 4. The first-order valence-corrected chi connectivity index (χ1v) is 5.21. The molecule has 2 heterocycles. The van der Waals surface area contributed by atoms with E-state index in [1.54, 1.807) is 0 Å². The summed E-state index contributed by atoms with van der Waals surface area (Å²) in [6, 6.07) is 0. The lowest BCUT2D eigenvalue weighted by Crippen LogP contribution is -2.33. The van der Waals surface area contributed by atoms with Crippen LogP contribution in [0.3, 0.4) is 0 Å². The Morgan fingerprint density at radius 1 is 1.62 bits per heavy atom. The number of fused-ring (bicyclic) bond motifs is 1. The second-order valence-electron chi connectivity index (χ2n) is 3.79. The van der Waals surface area contributed by atoms with Crippen LogP contribution in [-0.4, -0.2) is 37.9 Å². The number of rotatable bonds is 3. The van der Waals surface area contributed by atoms with Crippen LogP contribution in [0.25, 0.3) is 0 Å². The monoisotopic (exact) mass is 226 g/mol. The van der Waals surface area contributed by atoms with Crippen molar-refractivity contribution < 1.29 is 23.7 Å². The predicted octanol–water partition coefficient (Wildman–Crippen LogP) is 0.287. The van der Waals surface area contributed by atoms with Crippen molar-refractivity contribution in [2.75, 3.05) is 13.2 Å². The fourth-order valence-corrected chi connectivity index (χ4v) is 2.05. The van der Waals surface area contributed by atoms with Gasteiger partial charge in [-0.2, -0.15) is 0 Å². The Morgan fingerprint density at radius 2 is 2.44 bits per heavy atom. The van der Waals surface area contributed by atoms with E-state index in [-0.39, 0.29) is 24.8 Å². The van der Waals surface area contributed by atoms with E-state index in [4.69, 9.17) is 25.4 Å². The molecule has 0 spiro atoms. The molecule has 16 heavy (non-hydrogen) atoms. The van der Waals surface area contributed by atoms with E-state index in [0.717, 1.165) is 6.42 Å². The number of hydrogen-bond acceptors (Lipinski definition) is 5. The zero-order chi connectivity index (χ0) is 11.5. The standard InChI is InChI=1S/C11H14O5/c1-3-5-13-11-9(15-7(2)12)8-4-6-14-10(8)16-11/h1,8-11H,4-6H2,2H3/t8-,9+,10+,11?/m0/s1. The summed E-state index contributed by atoms with van der Waals surface area (Å²) in [5.41, 5.74) is 0. The summed E-state index contributed by atoms with van der Waals surface area (Å²) in [5.74, 6) is 2.05. The van der Waals surface area contributed by atoms with E-state index in [1.807, 2.05) is 0 Å². The van der Waals surface area contributed by atoms with Gasteiger partial charge in [0, 0.05) is 6.92 Å². The van der Waals surface area contributed by atoms with Gasteiger partial charge < -0.3 is 18.9 Å². The zero-order valence-electron chi connectivity index (χ0n) is 9.05. The lowest BCUT2D eigenvalue weighted by atomic mass is 10.0. The Balaban J connectivity index is 2.01. The molecule has 0 N–H and O–H groups in total. The number of carbonyl (C=O) groups excluding carboxylic acids is 1. The van der Waals surface area contributed by atoms with E-state index in [1.165, 1.54) is 6.92 Å². The quantitative estimate of drug-likeness (QED) is 0.511. The highest BCUT2D eigenvalue weighted by Gasteiger charge is 2.50. The van der Waals surface area contributed by atoms with Crippen molar-refractivity contribution in [3.63, 3.8) is 0 Å². The third kappa shape index (κ3) is 2.19. The molecule has 4 atom stereocenters. The summed E-state index contributed by atoms with van der Waals surface area (Å²) in [5, 5.41) is 0. The number of hydrogen-bond donors (Lipinski definition) is 0. The SMILES string of the molecule is C#CCOC1O[C@H]2OCC[C@H]2[C@H]1OC(C)=O. The minimum Gasteiger partial charge on any atom is -0.457 e. The lowest BCUT2D eigenvalue weighted by Gasteiger charge is -2.20.